The van der Waals surface area contributed by atoms with E-state index >= 15 is 0 Å². The fraction of sp³-hybridized carbons (Fsp3) is 0.421. The average molecular weight is 357 g/mol. The highest BCUT2D eigenvalue weighted by atomic mass is 16.5. The monoisotopic (exact) mass is 357 g/mol. The van der Waals surface area contributed by atoms with Crippen LogP contribution in [-0.2, 0) is 16.0 Å². The minimum Gasteiger partial charge on any atom is -0.496 e. The van der Waals surface area contributed by atoms with Crippen LogP contribution in [0.4, 0.5) is 0 Å². The first kappa shape index (κ1) is 18.1. The number of amides is 1. The lowest BCUT2D eigenvalue weighted by Crippen LogP contribution is -2.43. The second-order valence-electron chi connectivity index (χ2n) is 6.45. The molecule has 1 saturated heterocycles. The van der Waals surface area contributed by atoms with E-state index in [1.807, 2.05) is 25.1 Å². The Morgan fingerprint density at radius 3 is 2.92 bits per heavy atom. The Bertz CT molecular complexity index is 862. The summed E-state index contributed by atoms with van der Waals surface area (Å²) in [6, 6.07) is 7.23. The number of nitrogens with one attached hydrogen (secondary N) is 1. The van der Waals surface area contributed by atoms with E-state index in [4.69, 9.17) is 9.47 Å². The van der Waals surface area contributed by atoms with Crippen molar-refractivity contribution < 1.29 is 14.3 Å². The Morgan fingerprint density at radius 1 is 1.38 bits per heavy atom. The number of hydrogen-bond acceptors (Lipinski definition) is 5. The summed E-state index contributed by atoms with van der Waals surface area (Å²) >= 11 is 0. The maximum Gasteiger partial charge on any atom is 0.251 e. The standard InChI is InChI=1S/C19H23N3O4/c1-12-4-5-16(25-3)14(8-12)9-19(24)22-6-7-26-17(11-22)15-10-18(23)21-13(2)20-15/h4-5,8,10,17H,6-7,9,11H2,1-3H3,(H,20,21,23). The number of methoxy groups -OCH3 is 1. The molecular weight excluding hydrogens is 334 g/mol. The largest absolute Gasteiger partial charge is 0.496 e. The number of aryl methyl sites for hydroxylation is 2. The van der Waals surface area contributed by atoms with Gasteiger partial charge < -0.3 is 19.4 Å². The molecule has 0 aliphatic carbocycles. The van der Waals surface area contributed by atoms with Gasteiger partial charge in [0, 0.05) is 18.2 Å². The molecule has 1 amide bonds. The summed E-state index contributed by atoms with van der Waals surface area (Å²) in [4.78, 5) is 33.2. The molecule has 26 heavy (non-hydrogen) atoms. The second kappa shape index (κ2) is 7.70. The van der Waals surface area contributed by atoms with Crippen molar-refractivity contribution in [2.45, 2.75) is 26.4 Å². The number of hydrogen-bond donors (Lipinski definition) is 1. The highest BCUT2D eigenvalue weighted by molar-refractivity contribution is 5.79. The molecule has 0 saturated carbocycles. The molecule has 1 aromatic heterocycles. The quantitative estimate of drug-likeness (QED) is 0.897. The molecule has 3 rings (SSSR count). The zero-order valence-electron chi connectivity index (χ0n) is 15.2. The van der Waals surface area contributed by atoms with E-state index < -0.39 is 6.10 Å². The minimum absolute atomic E-state index is 0.00348. The van der Waals surface area contributed by atoms with Crippen molar-refractivity contribution in [3.05, 3.63) is 57.3 Å². The average Bonchev–Trinajstić information content (AvgIpc) is 2.61. The van der Waals surface area contributed by atoms with Gasteiger partial charge in [0.25, 0.3) is 5.56 Å². The van der Waals surface area contributed by atoms with Gasteiger partial charge in [-0.3, -0.25) is 9.59 Å². The molecule has 1 unspecified atom stereocenters. The summed E-state index contributed by atoms with van der Waals surface area (Å²) < 4.78 is 11.1. The van der Waals surface area contributed by atoms with Crippen LogP contribution in [0.3, 0.4) is 0 Å². The third kappa shape index (κ3) is 4.11. The molecule has 0 radical (unpaired) electrons. The molecule has 0 bridgehead atoms. The van der Waals surface area contributed by atoms with Crippen molar-refractivity contribution in [3.8, 4) is 5.75 Å². The second-order valence-corrected chi connectivity index (χ2v) is 6.45. The van der Waals surface area contributed by atoms with E-state index in [9.17, 15) is 9.59 Å². The van der Waals surface area contributed by atoms with Gasteiger partial charge >= 0.3 is 0 Å². The van der Waals surface area contributed by atoms with Crippen molar-refractivity contribution in [1.29, 1.82) is 0 Å². The number of morpholine rings is 1. The number of benzene rings is 1. The van der Waals surface area contributed by atoms with E-state index in [1.165, 1.54) is 6.07 Å². The van der Waals surface area contributed by atoms with Crippen LogP contribution in [0.5, 0.6) is 5.75 Å². The zero-order chi connectivity index (χ0) is 18.7. The number of nitrogens with zero attached hydrogens (tertiary/aromatic N) is 2. The molecule has 1 fully saturated rings. The molecule has 0 spiro atoms. The molecule has 1 aromatic carbocycles. The molecule has 138 valence electrons. The van der Waals surface area contributed by atoms with Crippen molar-refractivity contribution in [2.24, 2.45) is 0 Å². The van der Waals surface area contributed by atoms with Crippen LogP contribution < -0.4 is 10.3 Å². The molecule has 1 N–H and O–H groups in total. The summed E-state index contributed by atoms with van der Waals surface area (Å²) in [6.45, 7) is 5.02. The molecule has 1 aliphatic rings. The van der Waals surface area contributed by atoms with Crippen molar-refractivity contribution in [1.82, 2.24) is 14.9 Å². The number of carbonyl (C=O) groups excluding carboxylic acids is 1. The number of ether oxygens (including phenoxy) is 2. The first-order valence-electron chi connectivity index (χ1n) is 8.57. The van der Waals surface area contributed by atoms with Crippen LogP contribution in [0.1, 0.15) is 28.7 Å². The van der Waals surface area contributed by atoms with Crippen LogP contribution in [0, 0.1) is 13.8 Å². The topological polar surface area (TPSA) is 84.5 Å². The maximum atomic E-state index is 12.8. The highest BCUT2D eigenvalue weighted by Gasteiger charge is 2.27. The number of H-pyrrole nitrogens is 1. The highest BCUT2D eigenvalue weighted by Crippen LogP contribution is 2.23. The van der Waals surface area contributed by atoms with Gasteiger partial charge in [0.2, 0.25) is 5.91 Å². The number of aromatic amines is 1. The summed E-state index contributed by atoms with van der Waals surface area (Å²) in [7, 11) is 1.60. The van der Waals surface area contributed by atoms with Crippen LogP contribution in [0.25, 0.3) is 0 Å². The van der Waals surface area contributed by atoms with E-state index in [2.05, 4.69) is 9.97 Å². The number of rotatable bonds is 4. The predicted molar refractivity (Wildman–Crippen MR) is 96.3 cm³/mol. The number of aromatic nitrogens is 2. The molecule has 2 aromatic rings. The van der Waals surface area contributed by atoms with Crippen molar-refractivity contribution >= 4 is 5.91 Å². The summed E-state index contributed by atoms with van der Waals surface area (Å²) in [5.74, 6) is 1.24. The summed E-state index contributed by atoms with van der Waals surface area (Å²) in [5.41, 5.74) is 2.28. The lowest BCUT2D eigenvalue weighted by Gasteiger charge is -2.33. The third-order valence-electron chi connectivity index (χ3n) is 4.41. The van der Waals surface area contributed by atoms with Crippen LogP contribution >= 0.6 is 0 Å². The van der Waals surface area contributed by atoms with Gasteiger partial charge in [0.15, 0.2) is 0 Å². The third-order valence-corrected chi connectivity index (χ3v) is 4.41. The molecule has 2 heterocycles. The lowest BCUT2D eigenvalue weighted by atomic mass is 10.1. The maximum absolute atomic E-state index is 12.8. The molecule has 1 aliphatic heterocycles. The molecule has 1 atom stereocenters. The Balaban J connectivity index is 1.74. The van der Waals surface area contributed by atoms with Crippen LogP contribution in [0.2, 0.25) is 0 Å². The van der Waals surface area contributed by atoms with Gasteiger partial charge in [0.1, 0.15) is 17.7 Å². The van der Waals surface area contributed by atoms with Crippen LogP contribution in [-0.4, -0.2) is 47.6 Å². The molecule has 7 heteroatoms. The van der Waals surface area contributed by atoms with Gasteiger partial charge in [-0.15, -0.1) is 0 Å². The van der Waals surface area contributed by atoms with E-state index in [1.54, 1.807) is 18.9 Å². The smallest absolute Gasteiger partial charge is 0.251 e. The molecule has 7 nitrogen and oxygen atoms in total. The van der Waals surface area contributed by atoms with Gasteiger partial charge in [-0.05, 0) is 19.9 Å². The predicted octanol–water partition coefficient (Wildman–Crippen LogP) is 1.54. The lowest BCUT2D eigenvalue weighted by molar-refractivity contribution is -0.138. The van der Waals surface area contributed by atoms with Gasteiger partial charge in [-0.25, -0.2) is 4.98 Å². The number of carbonyl (C=O) groups is 1. The fourth-order valence-electron chi connectivity index (χ4n) is 3.14. The minimum atomic E-state index is -0.395. The van der Waals surface area contributed by atoms with Gasteiger partial charge in [-0.2, -0.15) is 0 Å². The van der Waals surface area contributed by atoms with E-state index in [0.717, 1.165) is 11.1 Å². The van der Waals surface area contributed by atoms with Gasteiger partial charge in [-0.1, -0.05) is 17.7 Å². The fourth-order valence-corrected chi connectivity index (χ4v) is 3.14. The summed E-state index contributed by atoms with van der Waals surface area (Å²) in [5, 5.41) is 0. The first-order chi connectivity index (χ1) is 12.5. The first-order valence-corrected chi connectivity index (χ1v) is 8.57. The normalized spacial score (nSPS) is 17.2. The Kier molecular flexibility index (Phi) is 5.37. The van der Waals surface area contributed by atoms with Crippen molar-refractivity contribution in [3.63, 3.8) is 0 Å². The Labute approximate surface area is 152 Å². The van der Waals surface area contributed by atoms with E-state index in [0.29, 0.717) is 37.0 Å². The molecular formula is C19H23N3O4. The zero-order valence-corrected chi connectivity index (χ0v) is 15.2. The van der Waals surface area contributed by atoms with Gasteiger partial charge in [0.05, 0.1) is 32.4 Å². The van der Waals surface area contributed by atoms with Crippen LogP contribution in [0.15, 0.2) is 29.1 Å². The summed E-state index contributed by atoms with van der Waals surface area (Å²) in [6.07, 6.45) is -0.132. The Hall–Kier alpha value is -2.67. The van der Waals surface area contributed by atoms with Crippen molar-refractivity contribution in [2.75, 3.05) is 26.8 Å². The SMILES string of the molecule is COc1ccc(C)cc1CC(=O)N1CCOC(c2cc(=O)[nH]c(C)n2)C1. The van der Waals surface area contributed by atoms with E-state index in [-0.39, 0.29) is 17.9 Å². The Morgan fingerprint density at radius 2 is 2.19 bits per heavy atom.